The number of benzene rings is 2. The van der Waals surface area contributed by atoms with Gasteiger partial charge in [-0.3, -0.25) is 9.59 Å². The van der Waals surface area contributed by atoms with Crippen molar-refractivity contribution in [2.45, 2.75) is 11.8 Å². The molecule has 2 amide bonds. The third kappa shape index (κ3) is 5.44. The standard InChI is InChI=1S/C24H20N2O2S3/c1-16-9-11-17(12-10-16)25-23(28)22-19(20-8-5-13-29-20)14-31-24(22)26-21(27)15-30-18-6-3-2-4-7-18/h2-14H,15H2,1H3,(H,25,28)(H,26,27). The lowest BCUT2D eigenvalue weighted by Crippen LogP contribution is -2.18. The van der Waals surface area contributed by atoms with Crippen molar-refractivity contribution in [2.24, 2.45) is 0 Å². The van der Waals surface area contributed by atoms with E-state index in [-0.39, 0.29) is 17.6 Å². The predicted molar refractivity (Wildman–Crippen MR) is 133 cm³/mol. The molecule has 0 bridgehead atoms. The maximum Gasteiger partial charge on any atom is 0.259 e. The lowest BCUT2D eigenvalue weighted by molar-refractivity contribution is -0.113. The Hall–Kier alpha value is -2.87. The Morgan fingerprint density at radius 1 is 0.903 bits per heavy atom. The van der Waals surface area contributed by atoms with Crippen LogP contribution in [-0.2, 0) is 4.79 Å². The van der Waals surface area contributed by atoms with Crippen LogP contribution in [0.5, 0.6) is 0 Å². The summed E-state index contributed by atoms with van der Waals surface area (Å²) in [5.41, 5.74) is 3.16. The number of amides is 2. The molecule has 2 aromatic heterocycles. The topological polar surface area (TPSA) is 58.2 Å². The molecule has 7 heteroatoms. The van der Waals surface area contributed by atoms with E-state index in [2.05, 4.69) is 10.6 Å². The number of thioether (sulfide) groups is 1. The van der Waals surface area contributed by atoms with Crippen LogP contribution >= 0.6 is 34.4 Å². The second kappa shape index (κ2) is 9.96. The van der Waals surface area contributed by atoms with E-state index in [9.17, 15) is 9.59 Å². The van der Waals surface area contributed by atoms with Gasteiger partial charge in [-0.1, -0.05) is 42.0 Å². The first-order valence-corrected chi connectivity index (χ1v) is 12.4. The van der Waals surface area contributed by atoms with Crippen LogP contribution in [0.15, 0.2) is 82.4 Å². The SMILES string of the molecule is Cc1ccc(NC(=O)c2c(-c3cccs3)csc2NC(=O)CSc2ccccc2)cc1. The van der Waals surface area contributed by atoms with Crippen molar-refractivity contribution in [3.05, 3.63) is 88.6 Å². The Bertz CT molecular complexity index is 1170. The van der Waals surface area contributed by atoms with E-state index in [4.69, 9.17) is 0 Å². The van der Waals surface area contributed by atoms with Crippen molar-refractivity contribution in [2.75, 3.05) is 16.4 Å². The van der Waals surface area contributed by atoms with E-state index < -0.39 is 0 Å². The van der Waals surface area contributed by atoms with Crippen molar-refractivity contribution in [1.29, 1.82) is 0 Å². The zero-order valence-electron chi connectivity index (χ0n) is 16.8. The number of anilines is 2. The summed E-state index contributed by atoms with van der Waals surface area (Å²) in [6.45, 7) is 2.00. The third-order valence-electron chi connectivity index (χ3n) is 4.48. The number of carbonyl (C=O) groups is 2. The number of aryl methyl sites for hydroxylation is 1. The molecule has 2 aromatic carbocycles. The molecule has 0 aliphatic carbocycles. The first-order valence-electron chi connectivity index (χ1n) is 9.61. The van der Waals surface area contributed by atoms with Gasteiger partial charge in [0.25, 0.3) is 5.91 Å². The Labute approximate surface area is 193 Å². The van der Waals surface area contributed by atoms with Crippen LogP contribution < -0.4 is 10.6 Å². The highest BCUT2D eigenvalue weighted by atomic mass is 32.2. The van der Waals surface area contributed by atoms with E-state index in [1.165, 1.54) is 23.1 Å². The fourth-order valence-corrected chi connectivity index (χ4v) is 5.46. The number of hydrogen-bond donors (Lipinski definition) is 2. The molecule has 4 aromatic rings. The highest BCUT2D eigenvalue weighted by Gasteiger charge is 2.22. The van der Waals surface area contributed by atoms with Crippen LogP contribution in [0.2, 0.25) is 0 Å². The lowest BCUT2D eigenvalue weighted by atomic mass is 10.1. The molecule has 0 spiro atoms. The molecule has 0 saturated carbocycles. The molecular formula is C24H20N2O2S3. The molecule has 2 heterocycles. The molecule has 4 nitrogen and oxygen atoms in total. The van der Waals surface area contributed by atoms with Gasteiger partial charge >= 0.3 is 0 Å². The van der Waals surface area contributed by atoms with Crippen molar-refractivity contribution in [3.8, 4) is 10.4 Å². The van der Waals surface area contributed by atoms with E-state index in [1.54, 1.807) is 11.3 Å². The lowest BCUT2D eigenvalue weighted by Gasteiger charge is -2.10. The van der Waals surface area contributed by atoms with E-state index in [0.29, 0.717) is 10.6 Å². The first-order chi connectivity index (χ1) is 15.1. The highest BCUT2D eigenvalue weighted by Crippen LogP contribution is 2.38. The quantitative estimate of drug-likeness (QED) is 0.297. The van der Waals surface area contributed by atoms with Gasteiger partial charge < -0.3 is 10.6 Å². The van der Waals surface area contributed by atoms with Gasteiger partial charge in [-0.05, 0) is 42.6 Å². The molecule has 0 fully saturated rings. The zero-order valence-corrected chi connectivity index (χ0v) is 19.2. The minimum absolute atomic E-state index is 0.141. The van der Waals surface area contributed by atoms with Crippen LogP contribution in [-0.4, -0.2) is 17.6 Å². The number of rotatable bonds is 7. The van der Waals surface area contributed by atoms with E-state index in [0.717, 1.165) is 26.6 Å². The van der Waals surface area contributed by atoms with Crippen LogP contribution in [0.4, 0.5) is 10.7 Å². The Morgan fingerprint density at radius 3 is 2.39 bits per heavy atom. The molecule has 31 heavy (non-hydrogen) atoms. The molecule has 4 rings (SSSR count). The molecule has 0 unspecified atom stereocenters. The van der Waals surface area contributed by atoms with Gasteiger partial charge in [0.1, 0.15) is 5.00 Å². The summed E-state index contributed by atoms with van der Waals surface area (Å²) in [6.07, 6.45) is 0. The number of nitrogens with one attached hydrogen (secondary N) is 2. The van der Waals surface area contributed by atoms with Crippen LogP contribution in [0.3, 0.4) is 0 Å². The second-order valence-corrected chi connectivity index (χ2v) is 9.68. The molecule has 156 valence electrons. The maximum absolute atomic E-state index is 13.2. The Balaban J connectivity index is 1.55. The highest BCUT2D eigenvalue weighted by molar-refractivity contribution is 8.00. The molecule has 2 N–H and O–H groups in total. The van der Waals surface area contributed by atoms with Crippen LogP contribution in [0.1, 0.15) is 15.9 Å². The minimum Gasteiger partial charge on any atom is -0.322 e. The monoisotopic (exact) mass is 464 g/mol. The van der Waals surface area contributed by atoms with Crippen molar-refractivity contribution in [1.82, 2.24) is 0 Å². The fraction of sp³-hybridized carbons (Fsp3) is 0.0833. The molecule has 0 radical (unpaired) electrons. The normalized spacial score (nSPS) is 10.6. The van der Waals surface area contributed by atoms with Gasteiger partial charge in [-0.25, -0.2) is 0 Å². The smallest absolute Gasteiger partial charge is 0.259 e. The van der Waals surface area contributed by atoms with Gasteiger partial charge in [-0.15, -0.1) is 34.4 Å². The van der Waals surface area contributed by atoms with Gasteiger partial charge in [0.05, 0.1) is 11.3 Å². The summed E-state index contributed by atoms with van der Waals surface area (Å²) in [5.74, 6) is -0.104. The Morgan fingerprint density at radius 2 is 1.68 bits per heavy atom. The zero-order chi connectivity index (χ0) is 21.6. The van der Waals surface area contributed by atoms with Crippen molar-refractivity contribution >= 4 is 56.9 Å². The predicted octanol–water partition coefficient (Wildman–Crippen LogP) is 6.77. The van der Waals surface area contributed by atoms with Gasteiger partial charge in [0.2, 0.25) is 5.91 Å². The molecule has 0 atom stereocenters. The number of hydrogen-bond acceptors (Lipinski definition) is 5. The molecule has 0 saturated heterocycles. The maximum atomic E-state index is 13.2. The Kier molecular flexibility index (Phi) is 6.86. The summed E-state index contributed by atoms with van der Waals surface area (Å²) in [5, 5.41) is 10.4. The summed E-state index contributed by atoms with van der Waals surface area (Å²) in [6, 6.07) is 21.4. The summed E-state index contributed by atoms with van der Waals surface area (Å²) >= 11 is 4.40. The number of thiophene rings is 2. The van der Waals surface area contributed by atoms with Crippen LogP contribution in [0, 0.1) is 6.92 Å². The minimum atomic E-state index is -0.237. The second-order valence-electron chi connectivity index (χ2n) is 6.80. The van der Waals surface area contributed by atoms with Gasteiger partial charge in [0.15, 0.2) is 0 Å². The first kappa shape index (κ1) is 21.4. The molecule has 0 aliphatic rings. The summed E-state index contributed by atoms with van der Waals surface area (Å²) < 4.78 is 0. The summed E-state index contributed by atoms with van der Waals surface area (Å²) in [7, 11) is 0. The largest absolute Gasteiger partial charge is 0.322 e. The number of carbonyl (C=O) groups excluding carboxylic acids is 2. The molecular weight excluding hydrogens is 444 g/mol. The van der Waals surface area contributed by atoms with Crippen LogP contribution in [0.25, 0.3) is 10.4 Å². The van der Waals surface area contributed by atoms with Crippen molar-refractivity contribution < 1.29 is 9.59 Å². The summed E-state index contributed by atoms with van der Waals surface area (Å²) in [4.78, 5) is 27.8. The third-order valence-corrected chi connectivity index (χ3v) is 7.29. The van der Waals surface area contributed by atoms with Gasteiger partial charge in [0, 0.05) is 26.4 Å². The fourth-order valence-electron chi connectivity index (χ4n) is 2.95. The average molecular weight is 465 g/mol. The van der Waals surface area contributed by atoms with E-state index >= 15 is 0 Å². The van der Waals surface area contributed by atoms with Gasteiger partial charge in [-0.2, -0.15) is 0 Å². The molecule has 0 aliphatic heterocycles. The average Bonchev–Trinajstić information content (AvgIpc) is 3.44. The van der Waals surface area contributed by atoms with Crippen molar-refractivity contribution in [3.63, 3.8) is 0 Å². The van der Waals surface area contributed by atoms with E-state index in [1.807, 2.05) is 84.4 Å².